The number of carbonyl (C=O) groups excluding carboxylic acids is 7. The number of alkyl halides is 2. The highest BCUT2D eigenvalue weighted by molar-refractivity contribution is 7.52. The minimum Gasteiger partial charge on any atom is -0.376 e. The van der Waals surface area contributed by atoms with E-state index in [0.29, 0.717) is 49.0 Å². The summed E-state index contributed by atoms with van der Waals surface area (Å²) in [6.07, 6.45) is 1.82. The third kappa shape index (κ3) is 12.4. The third-order valence-electron chi connectivity index (χ3n) is 16.0. The summed E-state index contributed by atoms with van der Waals surface area (Å²) in [4.78, 5) is 121. The zero-order chi connectivity index (χ0) is 57.5. The van der Waals surface area contributed by atoms with Gasteiger partial charge < -0.3 is 44.2 Å². The van der Waals surface area contributed by atoms with Crippen molar-refractivity contribution in [2.75, 3.05) is 32.8 Å². The number of likely N-dealkylation sites (tertiary alicyclic amines) is 1. The van der Waals surface area contributed by atoms with E-state index in [0.717, 1.165) is 56.9 Å². The molecular formula is C59H65F2N6O12PS. The second-order valence-electron chi connectivity index (χ2n) is 22.7. The number of rotatable bonds is 17. The van der Waals surface area contributed by atoms with Gasteiger partial charge >= 0.3 is 13.3 Å². The molecule has 5 aromatic rings. The summed E-state index contributed by atoms with van der Waals surface area (Å²) in [5.74, 6) is -2.61. The maximum atomic E-state index is 15.2. The first-order valence-corrected chi connectivity index (χ1v) is 29.8. The fourth-order valence-corrected chi connectivity index (χ4v) is 12.9. The van der Waals surface area contributed by atoms with Crippen molar-refractivity contribution in [2.24, 2.45) is 0 Å². The predicted molar refractivity (Wildman–Crippen MR) is 295 cm³/mol. The number of imide groups is 1. The van der Waals surface area contributed by atoms with E-state index in [9.17, 15) is 51.9 Å². The van der Waals surface area contributed by atoms with Crippen molar-refractivity contribution in [1.82, 2.24) is 30.2 Å². The van der Waals surface area contributed by atoms with Crippen LogP contribution in [0.5, 0.6) is 0 Å². The lowest BCUT2D eigenvalue weighted by molar-refractivity contribution is -0.149. The number of benzene rings is 4. The topological polar surface area (TPSA) is 232 Å². The summed E-state index contributed by atoms with van der Waals surface area (Å²) < 4.78 is 54.1. The lowest BCUT2D eigenvalue weighted by atomic mass is 9.86. The Morgan fingerprint density at radius 3 is 2.31 bits per heavy atom. The van der Waals surface area contributed by atoms with Crippen LogP contribution in [-0.4, -0.2) is 128 Å². The molecule has 2 unspecified atom stereocenters. The van der Waals surface area contributed by atoms with Crippen LogP contribution in [0.2, 0.25) is 0 Å². The van der Waals surface area contributed by atoms with Gasteiger partial charge in [-0.25, -0.2) is 0 Å². The van der Waals surface area contributed by atoms with Gasteiger partial charge in [0.1, 0.15) is 24.2 Å². The highest BCUT2D eigenvalue weighted by Gasteiger charge is 2.51. The highest BCUT2D eigenvalue weighted by Crippen LogP contribution is 2.59. The molecule has 7 amide bonds. The number of halogens is 2. The van der Waals surface area contributed by atoms with Crippen LogP contribution in [0, 0.1) is 0 Å². The average molecular weight is 1150 g/mol. The van der Waals surface area contributed by atoms with E-state index in [1.807, 2.05) is 66.7 Å². The molecule has 0 bridgehead atoms. The minimum atomic E-state index is -5.87. The maximum Gasteiger partial charge on any atom is 0.399 e. The lowest BCUT2D eigenvalue weighted by Crippen LogP contribution is -2.56. The summed E-state index contributed by atoms with van der Waals surface area (Å²) in [6, 6.07) is 22.5. The number of unbranched alkanes of at least 4 members (excludes halogenated alkanes) is 2. The number of piperidine rings is 1. The summed E-state index contributed by atoms with van der Waals surface area (Å²) in [5, 5.41) is 5.38. The Morgan fingerprint density at radius 1 is 0.864 bits per heavy atom. The Balaban J connectivity index is 0.805. The number of morpholine rings is 1. The normalized spacial score (nSPS) is 20.9. The quantitative estimate of drug-likeness (QED) is 0.0411. The van der Waals surface area contributed by atoms with Crippen LogP contribution < -0.4 is 10.6 Å². The van der Waals surface area contributed by atoms with Gasteiger partial charge in [0.2, 0.25) is 29.5 Å². The monoisotopic (exact) mass is 1150 g/mol. The summed E-state index contributed by atoms with van der Waals surface area (Å²) >= 11 is 0.962. The first-order chi connectivity index (χ1) is 38.5. The SMILES string of the molecule is CC(C)(C)c1ccc(C[C@H](NC(=O)c2cc3cc(C(F)(F)P(=O)(O)O)ccc3s2)C(=O)N2C[C@@H](OCCCCCC(=O)N3Cc4cc5c(cc4C3)C(=O)N(C3CCC(=O)NC3=O)C5)C[C@H]2C(=O)N2CCOC(c3ccccc3)C2)cc1. The molecule has 5 atom stereocenters. The number of ether oxygens (including phenoxy) is 2. The van der Waals surface area contributed by atoms with Crippen molar-refractivity contribution in [3.05, 3.63) is 140 Å². The smallest absolute Gasteiger partial charge is 0.376 e. The lowest BCUT2D eigenvalue weighted by Gasteiger charge is -2.37. The molecule has 6 heterocycles. The Morgan fingerprint density at radius 2 is 1.59 bits per heavy atom. The van der Waals surface area contributed by atoms with Crippen LogP contribution in [0.15, 0.2) is 91.0 Å². The number of carbonyl (C=O) groups is 7. The molecule has 0 radical (unpaired) electrons. The zero-order valence-electron chi connectivity index (χ0n) is 45.2. The van der Waals surface area contributed by atoms with Gasteiger partial charge in [-0.3, -0.25) is 43.4 Å². The molecule has 3 saturated heterocycles. The third-order valence-corrected chi connectivity index (χ3v) is 18.1. The fraction of sp³-hybridized carbons (Fsp3) is 0.441. The van der Waals surface area contributed by atoms with Gasteiger partial charge in [-0.15, -0.1) is 11.3 Å². The van der Waals surface area contributed by atoms with Crippen LogP contribution >= 0.6 is 18.9 Å². The van der Waals surface area contributed by atoms with Gasteiger partial charge in [-0.05, 0) is 87.7 Å². The van der Waals surface area contributed by atoms with E-state index in [1.165, 1.54) is 21.9 Å². The molecule has 4 N–H and O–H groups in total. The number of nitrogens with one attached hydrogen (secondary N) is 2. The van der Waals surface area contributed by atoms with Crippen LogP contribution in [0.25, 0.3) is 10.1 Å². The van der Waals surface area contributed by atoms with Crippen LogP contribution in [0.4, 0.5) is 8.78 Å². The maximum absolute atomic E-state index is 15.2. The molecule has 22 heteroatoms. The van der Waals surface area contributed by atoms with Crippen LogP contribution in [-0.2, 0) is 75.1 Å². The Bertz CT molecular complexity index is 3330. The van der Waals surface area contributed by atoms with Crippen molar-refractivity contribution in [3.63, 3.8) is 0 Å². The van der Waals surface area contributed by atoms with Gasteiger partial charge in [0, 0.05) is 80.8 Å². The van der Waals surface area contributed by atoms with E-state index in [-0.39, 0.29) is 104 Å². The average Bonchev–Trinajstić information content (AvgIpc) is 4.46. The predicted octanol–water partition coefficient (Wildman–Crippen LogP) is 7.22. The van der Waals surface area contributed by atoms with Crippen molar-refractivity contribution in [1.29, 1.82) is 0 Å². The van der Waals surface area contributed by atoms with Crippen molar-refractivity contribution in [3.8, 4) is 0 Å². The number of thiophene rings is 1. The first-order valence-electron chi connectivity index (χ1n) is 27.3. The molecule has 4 aromatic carbocycles. The van der Waals surface area contributed by atoms with E-state index < -0.39 is 66.9 Å². The number of hydrogen-bond acceptors (Lipinski definition) is 11. The molecule has 428 valence electrons. The molecule has 0 aliphatic carbocycles. The fourth-order valence-electron chi connectivity index (χ4n) is 11.5. The van der Waals surface area contributed by atoms with Gasteiger partial charge in [0.15, 0.2) is 0 Å². The van der Waals surface area contributed by atoms with E-state index >= 15 is 4.79 Å². The van der Waals surface area contributed by atoms with Gasteiger partial charge in [0.25, 0.3) is 11.8 Å². The minimum absolute atomic E-state index is 0.0243. The number of fused-ring (bicyclic) bond motifs is 3. The molecule has 3 fully saturated rings. The highest BCUT2D eigenvalue weighted by atomic mass is 32.1. The van der Waals surface area contributed by atoms with Crippen LogP contribution in [0.1, 0.15) is 131 Å². The van der Waals surface area contributed by atoms with E-state index in [1.54, 1.807) is 9.80 Å². The summed E-state index contributed by atoms with van der Waals surface area (Å²) in [6.45, 7) is 8.37. The summed E-state index contributed by atoms with van der Waals surface area (Å²) in [5.41, 5.74) is 0.261. The van der Waals surface area contributed by atoms with Gasteiger partial charge in [-0.2, -0.15) is 8.78 Å². The summed E-state index contributed by atoms with van der Waals surface area (Å²) in [7, 11) is -5.87. The van der Waals surface area contributed by atoms with Gasteiger partial charge in [-0.1, -0.05) is 93.9 Å². The number of amides is 7. The van der Waals surface area contributed by atoms with Crippen LogP contribution in [0.3, 0.4) is 0 Å². The largest absolute Gasteiger partial charge is 0.399 e. The van der Waals surface area contributed by atoms with Crippen molar-refractivity contribution >= 4 is 70.4 Å². The first kappa shape index (κ1) is 57.5. The number of nitrogens with zero attached hydrogens (tertiary/aromatic N) is 4. The van der Waals surface area contributed by atoms with Crippen molar-refractivity contribution in [2.45, 2.75) is 133 Å². The molecule has 81 heavy (non-hydrogen) atoms. The number of hydrogen-bond donors (Lipinski definition) is 4. The molecule has 18 nitrogen and oxygen atoms in total. The molecule has 5 aliphatic rings. The van der Waals surface area contributed by atoms with E-state index in [2.05, 4.69) is 31.4 Å². The van der Waals surface area contributed by atoms with E-state index in [4.69, 9.17) is 9.47 Å². The second kappa shape index (κ2) is 23.3. The standard InChI is InChI=1S/C59H65F2N6O12PS/c1-58(2,3)41-15-13-35(14-16-41)24-45(62-54(71)50-28-37-26-42(17-19-49(37)81-50)59(60,61)80(75,76)77)56(73)67-33-43(29-47(67)57(74)64-21-23-79-48(34-64)36-10-6-4-7-11-36)78-22-9-5-8-12-52(69)65-30-38-25-40-32-66(46-18-20-51(68)63-53(46)70)55(72)44(40)27-39(38)31-65/h4,6-7,10-11,13-17,19,25-28,43,45-48H,5,8-9,12,18,20-24,29-34H2,1-3H3,(H,62,71)(H,63,68,70)(H2,75,76,77)/t43-,45-,46?,47-,48?/m0/s1. The molecule has 5 aliphatic heterocycles. The van der Waals surface area contributed by atoms with Gasteiger partial charge in [0.05, 0.1) is 24.1 Å². The Kier molecular flexibility index (Phi) is 16.5. The molecule has 1 aromatic heterocycles. The molecule has 0 spiro atoms. The Labute approximate surface area is 471 Å². The molecular weight excluding hydrogens is 1090 g/mol. The Hall–Kier alpha value is -6.74. The second-order valence-corrected chi connectivity index (χ2v) is 25.4. The molecule has 0 saturated carbocycles. The van der Waals surface area contributed by atoms with Crippen molar-refractivity contribution < 1.29 is 66.2 Å². The molecule has 10 rings (SSSR count). The zero-order valence-corrected chi connectivity index (χ0v) is 46.9.